The molecule has 2 heterocycles. The van der Waals surface area contributed by atoms with Gasteiger partial charge in [0, 0.05) is 17.0 Å². The van der Waals surface area contributed by atoms with Gasteiger partial charge in [0.2, 0.25) is 0 Å². The van der Waals surface area contributed by atoms with E-state index >= 15 is 0 Å². The molecule has 0 bridgehead atoms. The summed E-state index contributed by atoms with van der Waals surface area (Å²) in [5.41, 5.74) is 7.67. The summed E-state index contributed by atoms with van der Waals surface area (Å²) in [5.74, 6) is 0. The van der Waals surface area contributed by atoms with Gasteiger partial charge < -0.3 is 9.55 Å². The summed E-state index contributed by atoms with van der Waals surface area (Å²) in [4.78, 5) is 4.46. The van der Waals surface area contributed by atoms with Crippen molar-refractivity contribution in [3.63, 3.8) is 0 Å². The SMILES string of the molecule is [Ir+3].[c-]1ccc(-n2c3ccccc3c3ccccc32)cc1-c1ccccn1.[c-]1ccccc1-c1[c-]cccc1. The quantitative estimate of drug-likeness (QED) is 0.173. The molecule has 7 aromatic rings. The Balaban J connectivity index is 0.000000191. The second-order valence-electron chi connectivity index (χ2n) is 8.60. The molecule has 38 heavy (non-hydrogen) atoms. The summed E-state index contributed by atoms with van der Waals surface area (Å²) < 4.78 is 2.31. The Morgan fingerprint density at radius 1 is 0.500 bits per heavy atom. The molecule has 0 aliphatic heterocycles. The largest absolute Gasteiger partial charge is 3.00 e. The van der Waals surface area contributed by atoms with Gasteiger partial charge in [0.1, 0.15) is 0 Å². The molecule has 7 rings (SSSR count). The molecule has 5 aromatic carbocycles. The fraction of sp³-hybridized carbons (Fsp3) is 0. The molecule has 0 amide bonds. The fourth-order valence-corrected chi connectivity index (χ4v) is 4.59. The van der Waals surface area contributed by atoms with Gasteiger partial charge in [0.25, 0.3) is 0 Å². The van der Waals surface area contributed by atoms with Crippen molar-refractivity contribution in [1.29, 1.82) is 0 Å². The van der Waals surface area contributed by atoms with Gasteiger partial charge in [-0.15, -0.1) is 42.0 Å². The Bertz CT molecular complexity index is 1670. The Hall–Kier alpha value is -4.30. The van der Waals surface area contributed by atoms with Gasteiger partial charge in [0.05, 0.1) is 11.0 Å². The van der Waals surface area contributed by atoms with Gasteiger partial charge in [-0.1, -0.05) is 48.5 Å². The third-order valence-corrected chi connectivity index (χ3v) is 6.27. The second kappa shape index (κ2) is 11.8. The molecule has 0 saturated heterocycles. The number of aromatic nitrogens is 2. The fourth-order valence-electron chi connectivity index (χ4n) is 4.59. The van der Waals surface area contributed by atoms with E-state index in [-0.39, 0.29) is 20.1 Å². The minimum absolute atomic E-state index is 0. The van der Waals surface area contributed by atoms with E-state index in [0.29, 0.717) is 0 Å². The monoisotopic (exact) mass is 664 g/mol. The first-order chi connectivity index (χ1) is 18.4. The van der Waals surface area contributed by atoms with E-state index in [9.17, 15) is 0 Å². The molecule has 0 saturated carbocycles. The molecular weight excluding hydrogens is 641 g/mol. The molecule has 0 N–H and O–H groups in total. The number of hydrogen-bond donors (Lipinski definition) is 0. The zero-order chi connectivity index (χ0) is 24.9. The molecule has 0 unspecified atom stereocenters. The molecular formula is C35H23IrN2. The standard InChI is InChI=1S/C23H15N2.C12H8.Ir/c1-3-13-22-19(10-1)20-11-2-4-14-23(20)25(22)18-9-7-8-17(16-18)21-12-5-6-15-24-21;1-3-7-11(8-4-1)12-9-5-2-6-10-12;/h1-7,9-16H;1-7,9H;/q-1;-2;+3. The minimum atomic E-state index is 0. The normalized spacial score (nSPS) is 10.4. The molecule has 0 radical (unpaired) electrons. The zero-order valence-corrected chi connectivity index (χ0v) is 22.9. The van der Waals surface area contributed by atoms with Crippen molar-refractivity contribution < 1.29 is 20.1 Å². The van der Waals surface area contributed by atoms with Gasteiger partial charge in [-0.05, 0) is 29.6 Å². The summed E-state index contributed by atoms with van der Waals surface area (Å²) >= 11 is 0. The maximum absolute atomic E-state index is 4.46. The summed E-state index contributed by atoms with van der Waals surface area (Å²) in [6.45, 7) is 0. The summed E-state index contributed by atoms with van der Waals surface area (Å²) in [5, 5.41) is 2.54. The van der Waals surface area contributed by atoms with Crippen molar-refractivity contribution in [3.05, 3.63) is 158 Å². The molecule has 0 aliphatic carbocycles. The van der Waals surface area contributed by atoms with Gasteiger partial charge in [0.15, 0.2) is 0 Å². The number of pyridine rings is 1. The predicted molar refractivity (Wildman–Crippen MR) is 152 cm³/mol. The molecule has 3 heteroatoms. The van der Waals surface area contributed by atoms with Crippen LogP contribution in [0.3, 0.4) is 0 Å². The average molecular weight is 664 g/mol. The molecule has 2 aromatic heterocycles. The molecule has 0 fully saturated rings. The Kier molecular flexibility index (Phi) is 7.89. The van der Waals surface area contributed by atoms with Gasteiger partial charge in [-0.3, -0.25) is 0 Å². The third-order valence-electron chi connectivity index (χ3n) is 6.27. The van der Waals surface area contributed by atoms with E-state index in [0.717, 1.165) is 28.1 Å². The predicted octanol–water partition coefficient (Wildman–Crippen LogP) is 8.60. The van der Waals surface area contributed by atoms with E-state index in [2.05, 4.69) is 88.4 Å². The molecule has 0 aliphatic rings. The maximum atomic E-state index is 4.46. The van der Waals surface area contributed by atoms with E-state index in [1.54, 1.807) is 0 Å². The van der Waals surface area contributed by atoms with Gasteiger partial charge in [-0.25, -0.2) is 11.1 Å². The van der Waals surface area contributed by atoms with Crippen molar-refractivity contribution in [2.24, 2.45) is 0 Å². The number of nitrogens with zero attached hydrogens (tertiary/aromatic N) is 2. The first-order valence-electron chi connectivity index (χ1n) is 12.2. The number of benzene rings is 5. The Labute approximate surface area is 236 Å². The van der Waals surface area contributed by atoms with E-state index < -0.39 is 0 Å². The van der Waals surface area contributed by atoms with Crippen molar-refractivity contribution in [3.8, 4) is 28.1 Å². The van der Waals surface area contributed by atoms with Crippen LogP contribution in [0, 0.1) is 18.2 Å². The van der Waals surface area contributed by atoms with Crippen molar-refractivity contribution in [2.75, 3.05) is 0 Å². The number of para-hydroxylation sites is 2. The topological polar surface area (TPSA) is 17.8 Å². The summed E-state index contributed by atoms with van der Waals surface area (Å²) in [6, 6.07) is 54.7. The van der Waals surface area contributed by atoms with E-state index in [4.69, 9.17) is 0 Å². The first-order valence-corrected chi connectivity index (χ1v) is 12.2. The van der Waals surface area contributed by atoms with Crippen LogP contribution in [-0.4, -0.2) is 9.55 Å². The van der Waals surface area contributed by atoms with Crippen LogP contribution in [0.4, 0.5) is 0 Å². The van der Waals surface area contributed by atoms with Crippen LogP contribution in [0.15, 0.2) is 140 Å². The second-order valence-corrected chi connectivity index (χ2v) is 8.60. The van der Waals surface area contributed by atoms with Gasteiger partial charge in [-0.2, -0.15) is 48.5 Å². The first kappa shape index (κ1) is 25.4. The van der Waals surface area contributed by atoms with E-state index in [1.165, 1.54) is 21.8 Å². The van der Waals surface area contributed by atoms with Crippen LogP contribution in [0.25, 0.3) is 49.9 Å². The van der Waals surface area contributed by atoms with Crippen LogP contribution >= 0.6 is 0 Å². The zero-order valence-electron chi connectivity index (χ0n) is 20.5. The van der Waals surface area contributed by atoms with Crippen LogP contribution in [-0.2, 0) is 20.1 Å². The maximum Gasteiger partial charge on any atom is 3.00 e. The number of hydrogen-bond acceptors (Lipinski definition) is 1. The van der Waals surface area contributed by atoms with E-state index in [1.807, 2.05) is 79.0 Å². The minimum Gasteiger partial charge on any atom is -0.327 e. The van der Waals surface area contributed by atoms with Crippen LogP contribution in [0.2, 0.25) is 0 Å². The Morgan fingerprint density at radius 3 is 1.61 bits per heavy atom. The molecule has 0 atom stereocenters. The van der Waals surface area contributed by atoms with Gasteiger partial charge >= 0.3 is 20.1 Å². The van der Waals surface area contributed by atoms with Crippen molar-refractivity contribution >= 4 is 21.8 Å². The molecule has 0 spiro atoms. The van der Waals surface area contributed by atoms with Crippen LogP contribution in [0.1, 0.15) is 0 Å². The third kappa shape index (κ3) is 5.21. The summed E-state index contributed by atoms with van der Waals surface area (Å²) in [7, 11) is 0. The van der Waals surface area contributed by atoms with Crippen molar-refractivity contribution in [2.45, 2.75) is 0 Å². The molecule has 182 valence electrons. The average Bonchev–Trinajstić information content (AvgIpc) is 3.33. The summed E-state index contributed by atoms with van der Waals surface area (Å²) in [6.07, 6.45) is 1.82. The number of rotatable bonds is 3. The smallest absolute Gasteiger partial charge is 0.327 e. The van der Waals surface area contributed by atoms with Crippen molar-refractivity contribution in [1.82, 2.24) is 9.55 Å². The molecule has 2 nitrogen and oxygen atoms in total. The number of fused-ring (bicyclic) bond motifs is 3. The van der Waals surface area contributed by atoms with Crippen LogP contribution in [0.5, 0.6) is 0 Å². The Morgan fingerprint density at radius 2 is 1.05 bits per heavy atom. The van der Waals surface area contributed by atoms with Crippen LogP contribution < -0.4 is 0 Å².